The lowest BCUT2D eigenvalue weighted by molar-refractivity contribution is 0.0324. The maximum absolute atomic E-state index is 13.7. The molecular weight excluding hydrogens is 461 g/mol. The summed E-state index contributed by atoms with van der Waals surface area (Å²) in [7, 11) is 0. The average molecular weight is 488 g/mol. The van der Waals surface area contributed by atoms with Crippen LogP contribution in [0, 0.1) is 11.7 Å². The number of benzene rings is 1. The van der Waals surface area contributed by atoms with Gasteiger partial charge in [-0.1, -0.05) is 31.5 Å². The van der Waals surface area contributed by atoms with Gasteiger partial charge in [-0.25, -0.2) is 4.39 Å². The second-order valence-corrected chi connectivity index (χ2v) is 10.3. The molecule has 180 valence electrons. The minimum Gasteiger partial charge on any atom is -0.502 e. The van der Waals surface area contributed by atoms with Gasteiger partial charge in [0.05, 0.1) is 10.6 Å². The molecule has 2 aromatic rings. The molecule has 5 rings (SSSR count). The number of hydrogen-bond acceptors (Lipinski definition) is 4. The summed E-state index contributed by atoms with van der Waals surface area (Å²) in [6.45, 7) is 5.00. The number of carbonyl (C=O) groups excluding carboxylic acids is 2. The van der Waals surface area contributed by atoms with Crippen molar-refractivity contribution in [1.29, 1.82) is 0 Å². The lowest BCUT2D eigenvalue weighted by Gasteiger charge is -2.37. The molecule has 1 saturated carbocycles. The number of pyridine rings is 1. The monoisotopic (exact) mass is 487 g/mol. The third kappa shape index (κ3) is 3.26. The maximum atomic E-state index is 13.7. The van der Waals surface area contributed by atoms with Crippen LogP contribution in [0.1, 0.15) is 71.5 Å². The molecule has 1 spiro atoms. The van der Waals surface area contributed by atoms with E-state index in [-0.39, 0.29) is 34.6 Å². The Hall–Kier alpha value is -2.87. The zero-order valence-electron chi connectivity index (χ0n) is 19.2. The first-order valence-electron chi connectivity index (χ1n) is 11.7. The van der Waals surface area contributed by atoms with Gasteiger partial charge in [-0.05, 0) is 55.7 Å². The van der Waals surface area contributed by atoms with Crippen molar-refractivity contribution in [2.45, 2.75) is 58.2 Å². The molecule has 0 saturated heterocycles. The molecule has 0 bridgehead atoms. The number of aromatic nitrogens is 1. The van der Waals surface area contributed by atoms with E-state index in [1.165, 1.54) is 21.6 Å². The van der Waals surface area contributed by atoms with Gasteiger partial charge in [0.25, 0.3) is 17.4 Å². The summed E-state index contributed by atoms with van der Waals surface area (Å²) in [6, 6.07) is 4.23. The average Bonchev–Trinajstić information content (AvgIpc) is 3.36. The Labute approximate surface area is 201 Å². The fraction of sp³-hybridized carbons (Fsp3) is 0.480. The summed E-state index contributed by atoms with van der Waals surface area (Å²) in [4.78, 5) is 43.8. The molecule has 9 heteroatoms. The Morgan fingerprint density at radius 1 is 1.15 bits per heavy atom. The second kappa shape index (κ2) is 8.12. The molecule has 1 N–H and O–H groups in total. The number of halogens is 2. The molecule has 3 heterocycles. The Balaban J connectivity index is 1.60. The van der Waals surface area contributed by atoms with Crippen molar-refractivity contribution >= 4 is 23.4 Å². The van der Waals surface area contributed by atoms with Crippen LogP contribution in [0.25, 0.3) is 0 Å². The predicted octanol–water partition coefficient (Wildman–Crippen LogP) is 3.88. The smallest absolute Gasteiger partial charge is 0.296 e. The van der Waals surface area contributed by atoms with Crippen LogP contribution >= 0.6 is 11.6 Å². The van der Waals surface area contributed by atoms with Crippen molar-refractivity contribution in [1.82, 2.24) is 14.4 Å². The minimum atomic E-state index is -0.772. The summed E-state index contributed by atoms with van der Waals surface area (Å²) < 4.78 is 15.0. The zero-order valence-corrected chi connectivity index (χ0v) is 20.0. The number of nitrogens with zero attached hydrogens (tertiary/aromatic N) is 3. The Bertz CT molecular complexity index is 1270. The number of aromatic hydroxyl groups is 1. The van der Waals surface area contributed by atoms with Crippen molar-refractivity contribution < 1.29 is 19.1 Å². The summed E-state index contributed by atoms with van der Waals surface area (Å²) in [5.41, 5.74) is -0.231. The van der Waals surface area contributed by atoms with Crippen LogP contribution in [0.3, 0.4) is 0 Å². The zero-order chi connectivity index (χ0) is 24.4. The van der Waals surface area contributed by atoms with Crippen LogP contribution in [0.4, 0.5) is 4.39 Å². The van der Waals surface area contributed by atoms with Crippen molar-refractivity contribution in [3.63, 3.8) is 0 Å². The molecule has 1 aromatic carbocycles. The van der Waals surface area contributed by atoms with E-state index < -0.39 is 28.7 Å². The molecule has 0 radical (unpaired) electrons. The summed E-state index contributed by atoms with van der Waals surface area (Å²) in [6.07, 6.45) is 3.41. The normalized spacial score (nSPS) is 18.9. The molecule has 2 amide bonds. The van der Waals surface area contributed by atoms with Crippen LogP contribution in [-0.2, 0) is 18.6 Å². The summed E-state index contributed by atoms with van der Waals surface area (Å²) >= 11 is 5.88. The van der Waals surface area contributed by atoms with Crippen LogP contribution in [0.5, 0.6) is 5.75 Å². The standard InChI is InChI=1S/C25H27ClFN3O4/c1-14(2)12-29-23(33)20-16-7-10-28(13-15-5-6-18(27)17(26)11-15)22(32)19(16)21(31)24(34)30(20)25(29)8-3-4-9-25/h5-6,11,14,31H,3-4,7-10,12-13H2,1-2H3. The highest BCUT2D eigenvalue weighted by molar-refractivity contribution is 6.30. The van der Waals surface area contributed by atoms with E-state index >= 15 is 0 Å². The van der Waals surface area contributed by atoms with Gasteiger partial charge in [0.15, 0.2) is 5.75 Å². The van der Waals surface area contributed by atoms with Crippen LogP contribution in [0.2, 0.25) is 5.02 Å². The highest BCUT2D eigenvalue weighted by Gasteiger charge is 2.54. The molecule has 1 aromatic heterocycles. The van der Waals surface area contributed by atoms with E-state index in [4.69, 9.17) is 11.6 Å². The van der Waals surface area contributed by atoms with E-state index in [2.05, 4.69) is 0 Å². The summed E-state index contributed by atoms with van der Waals surface area (Å²) in [5, 5.41) is 10.9. The number of rotatable bonds is 4. The van der Waals surface area contributed by atoms with Gasteiger partial charge < -0.3 is 14.9 Å². The molecule has 1 aliphatic carbocycles. The van der Waals surface area contributed by atoms with E-state index in [0.29, 0.717) is 43.5 Å². The molecule has 34 heavy (non-hydrogen) atoms. The first-order chi connectivity index (χ1) is 16.2. The van der Waals surface area contributed by atoms with Crippen LogP contribution in [-0.4, -0.2) is 44.4 Å². The van der Waals surface area contributed by atoms with Crippen molar-refractivity contribution in [2.75, 3.05) is 13.1 Å². The van der Waals surface area contributed by atoms with Crippen molar-refractivity contribution in [2.24, 2.45) is 5.92 Å². The van der Waals surface area contributed by atoms with Gasteiger partial charge in [0.1, 0.15) is 17.2 Å². The maximum Gasteiger partial charge on any atom is 0.296 e. The lowest BCUT2D eigenvalue weighted by atomic mass is 9.95. The van der Waals surface area contributed by atoms with Gasteiger partial charge in [-0.2, -0.15) is 0 Å². The largest absolute Gasteiger partial charge is 0.502 e. The van der Waals surface area contributed by atoms with Crippen LogP contribution < -0.4 is 5.56 Å². The van der Waals surface area contributed by atoms with Gasteiger partial charge in [0, 0.05) is 25.2 Å². The van der Waals surface area contributed by atoms with Gasteiger partial charge in [-0.15, -0.1) is 0 Å². The van der Waals surface area contributed by atoms with E-state index in [1.54, 1.807) is 11.0 Å². The van der Waals surface area contributed by atoms with Crippen LogP contribution in [0.15, 0.2) is 23.0 Å². The Morgan fingerprint density at radius 2 is 1.85 bits per heavy atom. The van der Waals surface area contributed by atoms with E-state index in [0.717, 1.165) is 12.8 Å². The van der Waals surface area contributed by atoms with E-state index in [9.17, 15) is 23.9 Å². The first kappa shape index (κ1) is 22.9. The number of fused-ring (bicyclic) bond motifs is 4. The molecular formula is C25H27ClFN3O4. The van der Waals surface area contributed by atoms with Crippen molar-refractivity contribution in [3.05, 3.63) is 61.8 Å². The van der Waals surface area contributed by atoms with Crippen molar-refractivity contribution in [3.8, 4) is 5.75 Å². The fourth-order valence-corrected chi connectivity index (χ4v) is 6.02. The highest BCUT2D eigenvalue weighted by Crippen LogP contribution is 2.47. The number of carbonyl (C=O) groups is 2. The third-order valence-corrected chi connectivity index (χ3v) is 7.55. The minimum absolute atomic E-state index is 0.0426. The number of hydrogen-bond donors (Lipinski definition) is 1. The van der Waals surface area contributed by atoms with E-state index in [1.807, 2.05) is 13.8 Å². The fourth-order valence-electron chi connectivity index (χ4n) is 5.81. The van der Waals surface area contributed by atoms with Gasteiger partial charge in [-0.3, -0.25) is 19.0 Å². The quantitative estimate of drug-likeness (QED) is 0.709. The summed E-state index contributed by atoms with van der Waals surface area (Å²) in [5.74, 6) is -1.70. The predicted molar refractivity (Wildman–Crippen MR) is 125 cm³/mol. The lowest BCUT2D eigenvalue weighted by Crippen LogP contribution is -2.49. The van der Waals surface area contributed by atoms with Gasteiger partial charge in [0.2, 0.25) is 0 Å². The molecule has 1 fully saturated rings. The molecule has 3 aliphatic rings. The molecule has 7 nitrogen and oxygen atoms in total. The SMILES string of the molecule is CC(C)CN1C(=O)c2c3c(c(O)c(=O)n2C12CCCC2)C(=O)N(Cc1ccc(F)c(Cl)c1)CC3. The Morgan fingerprint density at radius 3 is 2.50 bits per heavy atom. The topological polar surface area (TPSA) is 82.9 Å². The Kier molecular flexibility index (Phi) is 5.47. The highest BCUT2D eigenvalue weighted by atomic mass is 35.5. The van der Waals surface area contributed by atoms with Gasteiger partial charge >= 0.3 is 0 Å². The molecule has 0 unspecified atom stereocenters. The molecule has 2 aliphatic heterocycles. The first-order valence-corrected chi connectivity index (χ1v) is 12.1. The third-order valence-electron chi connectivity index (χ3n) is 7.26. The number of amides is 2. The molecule has 0 atom stereocenters. The second-order valence-electron chi connectivity index (χ2n) is 9.92.